The van der Waals surface area contributed by atoms with Crippen molar-refractivity contribution in [1.29, 1.82) is 0 Å². The average Bonchev–Trinajstić information content (AvgIpc) is 3.16. The van der Waals surface area contributed by atoms with Gasteiger partial charge in [0.15, 0.2) is 0 Å². The molecule has 1 fully saturated rings. The van der Waals surface area contributed by atoms with E-state index in [1.807, 2.05) is 19.3 Å². The highest BCUT2D eigenvalue weighted by molar-refractivity contribution is 5.95. The van der Waals surface area contributed by atoms with Gasteiger partial charge >= 0.3 is 0 Å². The van der Waals surface area contributed by atoms with E-state index in [0.717, 1.165) is 19.4 Å². The Kier molecular flexibility index (Phi) is 4.66. The van der Waals surface area contributed by atoms with Gasteiger partial charge in [-0.1, -0.05) is 0 Å². The van der Waals surface area contributed by atoms with Crippen molar-refractivity contribution in [3.63, 3.8) is 0 Å². The first-order chi connectivity index (χ1) is 11.5. The Morgan fingerprint density at radius 1 is 1.25 bits per heavy atom. The highest BCUT2D eigenvalue weighted by atomic mass is 16.2. The Bertz CT molecular complexity index is 736. The summed E-state index contributed by atoms with van der Waals surface area (Å²) in [7, 11) is 2.03. The Balaban J connectivity index is 1.62. The van der Waals surface area contributed by atoms with E-state index in [1.54, 1.807) is 24.3 Å². The number of carbonyl (C=O) groups excluding carboxylic acids is 2. The van der Waals surface area contributed by atoms with E-state index in [9.17, 15) is 9.59 Å². The molecule has 0 unspecified atom stereocenters. The van der Waals surface area contributed by atoms with E-state index in [1.165, 1.54) is 5.69 Å². The van der Waals surface area contributed by atoms with Crippen molar-refractivity contribution < 1.29 is 9.59 Å². The SMILES string of the molecule is Cn1cccc1[C@H]1CCCN1CC(=O)Nc1ccc(C(N)=O)cc1. The molecule has 1 aromatic carbocycles. The van der Waals surface area contributed by atoms with Crippen LogP contribution >= 0.6 is 0 Å². The minimum absolute atomic E-state index is 0.0528. The van der Waals surface area contributed by atoms with E-state index in [2.05, 4.69) is 20.9 Å². The van der Waals surface area contributed by atoms with Crippen molar-refractivity contribution in [2.45, 2.75) is 18.9 Å². The second kappa shape index (κ2) is 6.88. The maximum atomic E-state index is 12.3. The van der Waals surface area contributed by atoms with Gasteiger partial charge in [-0.05, 0) is 55.8 Å². The van der Waals surface area contributed by atoms with Crippen LogP contribution < -0.4 is 11.1 Å². The van der Waals surface area contributed by atoms with Crippen molar-refractivity contribution in [3.8, 4) is 0 Å². The number of amides is 2. The summed E-state index contributed by atoms with van der Waals surface area (Å²) in [6.45, 7) is 1.28. The third-order valence-corrected chi connectivity index (χ3v) is 4.49. The summed E-state index contributed by atoms with van der Waals surface area (Å²) in [4.78, 5) is 25.6. The number of primary amides is 1. The molecule has 126 valence electrons. The first-order valence-corrected chi connectivity index (χ1v) is 8.09. The van der Waals surface area contributed by atoms with Gasteiger partial charge in [0, 0.05) is 30.2 Å². The van der Waals surface area contributed by atoms with Gasteiger partial charge in [-0.2, -0.15) is 0 Å². The largest absolute Gasteiger partial charge is 0.366 e. The molecular formula is C18H22N4O2. The van der Waals surface area contributed by atoms with Gasteiger partial charge < -0.3 is 15.6 Å². The van der Waals surface area contributed by atoms with Crippen LogP contribution in [-0.2, 0) is 11.8 Å². The fraction of sp³-hybridized carbons (Fsp3) is 0.333. The summed E-state index contributed by atoms with van der Waals surface area (Å²) in [6, 6.07) is 11.0. The lowest BCUT2D eigenvalue weighted by Crippen LogP contribution is -2.33. The molecule has 1 aromatic heterocycles. The molecule has 2 heterocycles. The number of carbonyl (C=O) groups is 2. The first-order valence-electron chi connectivity index (χ1n) is 8.09. The van der Waals surface area contributed by atoms with Crippen LogP contribution in [0.15, 0.2) is 42.6 Å². The standard InChI is InChI=1S/C18H22N4O2/c1-21-10-2-4-15(21)16-5-3-11-22(16)12-17(23)20-14-8-6-13(7-9-14)18(19)24/h2,4,6-10,16H,3,5,11-12H2,1H3,(H2,19,24)(H,20,23)/t16-/m1/s1. The third-order valence-electron chi connectivity index (χ3n) is 4.49. The summed E-state index contributed by atoms with van der Waals surface area (Å²) in [5.41, 5.74) is 7.55. The van der Waals surface area contributed by atoms with Crippen LogP contribution in [0.3, 0.4) is 0 Å². The zero-order valence-electron chi connectivity index (χ0n) is 13.7. The maximum absolute atomic E-state index is 12.3. The number of nitrogens with zero attached hydrogens (tertiary/aromatic N) is 2. The van der Waals surface area contributed by atoms with Crippen LogP contribution in [-0.4, -0.2) is 34.4 Å². The van der Waals surface area contributed by atoms with Gasteiger partial charge in [0.1, 0.15) is 0 Å². The number of hydrogen-bond donors (Lipinski definition) is 2. The molecular weight excluding hydrogens is 304 g/mol. The Morgan fingerprint density at radius 3 is 2.62 bits per heavy atom. The van der Waals surface area contributed by atoms with E-state index in [-0.39, 0.29) is 11.9 Å². The smallest absolute Gasteiger partial charge is 0.248 e. The Labute approximate surface area is 141 Å². The van der Waals surface area contributed by atoms with Gasteiger partial charge in [-0.3, -0.25) is 14.5 Å². The van der Waals surface area contributed by atoms with Crippen molar-refractivity contribution in [1.82, 2.24) is 9.47 Å². The minimum Gasteiger partial charge on any atom is -0.366 e. The van der Waals surface area contributed by atoms with Gasteiger partial charge in [0.2, 0.25) is 11.8 Å². The third kappa shape index (κ3) is 3.49. The highest BCUT2D eigenvalue weighted by Crippen LogP contribution is 2.31. The van der Waals surface area contributed by atoms with Crippen molar-refractivity contribution in [2.75, 3.05) is 18.4 Å². The van der Waals surface area contributed by atoms with E-state index in [0.29, 0.717) is 17.8 Å². The zero-order chi connectivity index (χ0) is 17.1. The summed E-state index contributed by atoms with van der Waals surface area (Å²) >= 11 is 0. The quantitative estimate of drug-likeness (QED) is 0.880. The Hall–Kier alpha value is -2.60. The normalized spacial score (nSPS) is 17.8. The number of aryl methyl sites for hydroxylation is 1. The number of anilines is 1. The van der Waals surface area contributed by atoms with Gasteiger partial charge in [-0.25, -0.2) is 0 Å². The number of nitrogens with two attached hydrogens (primary N) is 1. The lowest BCUT2D eigenvalue weighted by atomic mass is 10.1. The molecule has 1 aliphatic rings. The van der Waals surface area contributed by atoms with Crippen LogP contribution in [0.4, 0.5) is 5.69 Å². The lowest BCUT2D eigenvalue weighted by Gasteiger charge is -2.24. The second-order valence-electron chi connectivity index (χ2n) is 6.16. The first kappa shape index (κ1) is 16.3. The fourth-order valence-corrected chi connectivity index (χ4v) is 3.27. The zero-order valence-corrected chi connectivity index (χ0v) is 13.7. The van der Waals surface area contributed by atoms with Crippen LogP contribution in [0, 0.1) is 0 Å². The molecule has 0 aliphatic carbocycles. The van der Waals surface area contributed by atoms with Crippen LogP contribution in [0.1, 0.15) is 34.9 Å². The molecule has 3 rings (SSSR count). The molecule has 1 saturated heterocycles. The number of nitrogens with one attached hydrogen (secondary N) is 1. The predicted molar refractivity (Wildman–Crippen MR) is 92.6 cm³/mol. The molecule has 3 N–H and O–H groups in total. The number of hydrogen-bond acceptors (Lipinski definition) is 3. The minimum atomic E-state index is -0.477. The van der Waals surface area contributed by atoms with Crippen LogP contribution in [0.25, 0.3) is 0 Å². The maximum Gasteiger partial charge on any atom is 0.248 e. The number of likely N-dealkylation sites (tertiary alicyclic amines) is 1. The molecule has 6 heteroatoms. The average molecular weight is 326 g/mol. The predicted octanol–water partition coefficient (Wildman–Crippen LogP) is 1.90. The fourth-order valence-electron chi connectivity index (χ4n) is 3.27. The molecule has 1 aliphatic heterocycles. The molecule has 0 saturated carbocycles. The molecule has 0 bridgehead atoms. The van der Waals surface area contributed by atoms with Crippen LogP contribution in [0.2, 0.25) is 0 Å². The topological polar surface area (TPSA) is 80.4 Å². The second-order valence-corrected chi connectivity index (χ2v) is 6.16. The van der Waals surface area contributed by atoms with E-state index in [4.69, 9.17) is 5.73 Å². The van der Waals surface area contributed by atoms with Gasteiger partial charge in [-0.15, -0.1) is 0 Å². The monoisotopic (exact) mass is 326 g/mol. The van der Waals surface area contributed by atoms with E-state index >= 15 is 0 Å². The van der Waals surface area contributed by atoms with Gasteiger partial charge in [0.25, 0.3) is 0 Å². The molecule has 1 atom stereocenters. The van der Waals surface area contributed by atoms with E-state index < -0.39 is 5.91 Å². The summed E-state index contributed by atoms with van der Waals surface area (Å²) in [6.07, 6.45) is 4.20. The summed E-state index contributed by atoms with van der Waals surface area (Å²) in [5.74, 6) is -0.529. The number of aromatic nitrogens is 1. The van der Waals surface area contributed by atoms with Gasteiger partial charge in [0.05, 0.1) is 12.6 Å². The summed E-state index contributed by atoms with van der Waals surface area (Å²) < 4.78 is 2.11. The molecule has 0 radical (unpaired) electrons. The molecule has 6 nitrogen and oxygen atoms in total. The molecule has 0 spiro atoms. The Morgan fingerprint density at radius 2 is 2.00 bits per heavy atom. The van der Waals surface area contributed by atoms with Crippen molar-refractivity contribution in [3.05, 3.63) is 53.9 Å². The number of benzene rings is 1. The molecule has 24 heavy (non-hydrogen) atoms. The van der Waals surface area contributed by atoms with Crippen LogP contribution in [0.5, 0.6) is 0 Å². The highest BCUT2D eigenvalue weighted by Gasteiger charge is 2.28. The van der Waals surface area contributed by atoms with Crippen molar-refractivity contribution >= 4 is 17.5 Å². The lowest BCUT2D eigenvalue weighted by molar-refractivity contribution is -0.117. The molecule has 2 aromatic rings. The summed E-state index contributed by atoms with van der Waals surface area (Å²) in [5, 5.41) is 2.88. The van der Waals surface area contributed by atoms with Crippen molar-refractivity contribution in [2.24, 2.45) is 12.8 Å². The number of rotatable bonds is 5. The molecule has 2 amide bonds.